The molecule has 1 aromatic rings. The van der Waals surface area contributed by atoms with Crippen molar-refractivity contribution in [2.45, 2.75) is 95.4 Å². The van der Waals surface area contributed by atoms with Crippen LogP contribution in [0.25, 0.3) is 0 Å². The Hall–Kier alpha value is -2.28. The number of carbonyl (C=O) groups is 2. The molecule has 0 aromatic heterocycles. The molecule has 1 saturated carbocycles. The summed E-state index contributed by atoms with van der Waals surface area (Å²) in [5.41, 5.74) is 0. The molecule has 0 bridgehead atoms. The van der Waals surface area contributed by atoms with Crippen molar-refractivity contribution < 1.29 is 41.7 Å². The molecule has 2 aliphatic heterocycles. The van der Waals surface area contributed by atoms with Gasteiger partial charge in [0.15, 0.2) is 12.6 Å². The van der Waals surface area contributed by atoms with Gasteiger partial charge < -0.3 is 23.7 Å². The van der Waals surface area contributed by atoms with E-state index in [1.54, 1.807) is 12.1 Å². The highest BCUT2D eigenvalue weighted by molar-refractivity contribution is 7.89. The zero-order chi connectivity index (χ0) is 32.1. The molecule has 6 atom stereocenters. The quantitative estimate of drug-likeness (QED) is 0.180. The lowest BCUT2D eigenvalue weighted by Crippen LogP contribution is -2.31. The van der Waals surface area contributed by atoms with Crippen molar-refractivity contribution in [2.24, 2.45) is 11.8 Å². The van der Waals surface area contributed by atoms with Crippen LogP contribution < -0.4 is 9.46 Å². The van der Waals surface area contributed by atoms with E-state index in [-0.39, 0.29) is 49.3 Å². The van der Waals surface area contributed by atoms with Gasteiger partial charge in [-0.3, -0.25) is 14.3 Å². The summed E-state index contributed by atoms with van der Waals surface area (Å²) in [6.45, 7) is 1.53. The first-order chi connectivity index (χ1) is 21.7. The summed E-state index contributed by atoms with van der Waals surface area (Å²) in [6.07, 6.45) is 15.2. The number of ketones is 1. The molecule has 3 fully saturated rings. The summed E-state index contributed by atoms with van der Waals surface area (Å²) in [5, 5.41) is 0.578. The molecular formula is C33H46ClNO9S. The molecule has 4 rings (SSSR count). The Morgan fingerprint density at radius 3 is 2.56 bits per heavy atom. The summed E-state index contributed by atoms with van der Waals surface area (Å²) in [7, 11) is -3.56. The van der Waals surface area contributed by atoms with Gasteiger partial charge in [0.2, 0.25) is 15.9 Å². The predicted molar refractivity (Wildman–Crippen MR) is 170 cm³/mol. The Morgan fingerprint density at radius 2 is 1.87 bits per heavy atom. The third-order valence-electron chi connectivity index (χ3n) is 8.03. The largest absolute Gasteiger partial charge is 0.490 e. The van der Waals surface area contributed by atoms with Crippen LogP contribution in [0.3, 0.4) is 0 Å². The number of carbonyl (C=O) groups excluding carboxylic acids is 2. The van der Waals surface area contributed by atoms with E-state index in [4.69, 9.17) is 35.3 Å². The second-order valence-corrected chi connectivity index (χ2v) is 14.0. The van der Waals surface area contributed by atoms with E-state index in [0.717, 1.165) is 44.8 Å². The van der Waals surface area contributed by atoms with Crippen molar-refractivity contribution in [3.8, 4) is 5.75 Å². The predicted octanol–water partition coefficient (Wildman–Crippen LogP) is 5.50. The lowest BCUT2D eigenvalue weighted by Gasteiger charge is -2.29. The molecule has 45 heavy (non-hydrogen) atoms. The van der Waals surface area contributed by atoms with E-state index in [2.05, 4.69) is 0 Å². The molecule has 3 aliphatic rings. The standard InChI is InChI=1S/C33H46ClNO9S/c1-45(38,39)35-31(37)14-5-3-2-4-13-28-27(29(36)22-30(28)44-33-16-7-9-20-41-33)18-17-26(43-32-15-6-8-19-40-32)23-42-25-12-10-11-24(34)21-25/h2,4,10-12,17-18,21,26-28,30,32-33H,3,5-9,13-16,19-20,22-23H2,1H3,(H,35,37)/b4-2-,18-17+/t26-,27-,28-,30+,32?,33?/m1/s1. The van der Waals surface area contributed by atoms with Crippen molar-refractivity contribution >= 4 is 33.3 Å². The van der Waals surface area contributed by atoms with Crippen LogP contribution in [0.2, 0.25) is 5.02 Å². The lowest BCUT2D eigenvalue weighted by atomic mass is 9.90. The van der Waals surface area contributed by atoms with E-state index < -0.39 is 22.0 Å². The van der Waals surface area contributed by atoms with Crippen LogP contribution >= 0.6 is 11.6 Å². The summed E-state index contributed by atoms with van der Waals surface area (Å²) in [4.78, 5) is 25.2. The molecule has 1 aromatic carbocycles. The Balaban J connectivity index is 1.42. The van der Waals surface area contributed by atoms with Crippen molar-refractivity contribution in [3.05, 3.63) is 53.6 Å². The zero-order valence-corrected chi connectivity index (χ0v) is 27.5. The molecular weight excluding hydrogens is 622 g/mol. The fourth-order valence-corrected chi connectivity index (χ4v) is 6.50. The first-order valence-corrected chi connectivity index (χ1v) is 18.2. The maximum Gasteiger partial charge on any atom is 0.233 e. The SMILES string of the molecule is CS(=O)(=O)NC(=O)CCC/C=C\C[C@H]1[C@@H](OC2CCCCO2)CC(=O)[C@@H]1/C=C/[C@H](COc1cccc(Cl)c1)OC1CCCCO1. The number of unbranched alkanes of at least 4 members (excludes halogenated alkanes) is 1. The van der Waals surface area contributed by atoms with Gasteiger partial charge in [0, 0.05) is 42.9 Å². The Labute approximate surface area is 271 Å². The minimum absolute atomic E-state index is 0.103. The van der Waals surface area contributed by atoms with Gasteiger partial charge in [0.1, 0.15) is 24.2 Å². The second-order valence-electron chi connectivity index (χ2n) is 11.9. The number of hydrogen-bond acceptors (Lipinski definition) is 9. The van der Waals surface area contributed by atoms with Gasteiger partial charge in [-0.25, -0.2) is 8.42 Å². The number of rotatable bonds is 16. The summed E-state index contributed by atoms with van der Waals surface area (Å²) in [6, 6.07) is 7.18. The maximum atomic E-state index is 13.4. The van der Waals surface area contributed by atoms with Crippen LogP contribution in [0.15, 0.2) is 48.6 Å². The summed E-state index contributed by atoms with van der Waals surface area (Å²) >= 11 is 6.14. The fourth-order valence-electron chi connectivity index (χ4n) is 5.81. The lowest BCUT2D eigenvalue weighted by molar-refractivity contribution is -0.195. The van der Waals surface area contributed by atoms with Crippen LogP contribution in [0, 0.1) is 11.8 Å². The van der Waals surface area contributed by atoms with Gasteiger partial charge in [0.25, 0.3) is 0 Å². The van der Waals surface area contributed by atoms with Crippen LogP contribution in [0.1, 0.15) is 70.6 Å². The van der Waals surface area contributed by atoms with Gasteiger partial charge >= 0.3 is 0 Å². The normalized spacial score (nSPS) is 26.8. The molecule has 10 nitrogen and oxygen atoms in total. The molecule has 12 heteroatoms. The van der Waals surface area contributed by atoms with Crippen molar-refractivity contribution in [2.75, 3.05) is 26.1 Å². The molecule has 250 valence electrons. The molecule has 2 unspecified atom stereocenters. The second kappa shape index (κ2) is 18.2. The number of amides is 1. The van der Waals surface area contributed by atoms with E-state index in [1.165, 1.54) is 0 Å². The van der Waals surface area contributed by atoms with E-state index in [0.29, 0.717) is 49.7 Å². The Morgan fingerprint density at radius 1 is 1.11 bits per heavy atom. The number of hydrogen-bond donors (Lipinski definition) is 1. The molecule has 2 heterocycles. The molecule has 1 amide bonds. The fraction of sp³-hybridized carbons (Fsp3) is 0.636. The van der Waals surface area contributed by atoms with Gasteiger partial charge in [-0.2, -0.15) is 0 Å². The first kappa shape index (κ1) is 35.6. The molecule has 1 aliphatic carbocycles. The third kappa shape index (κ3) is 12.8. The van der Waals surface area contributed by atoms with Gasteiger partial charge in [-0.1, -0.05) is 42.0 Å². The summed E-state index contributed by atoms with van der Waals surface area (Å²) in [5.74, 6) is -0.277. The Bertz CT molecular complexity index is 1260. The third-order valence-corrected chi connectivity index (χ3v) is 8.87. The van der Waals surface area contributed by atoms with Crippen molar-refractivity contribution in [1.29, 1.82) is 0 Å². The van der Waals surface area contributed by atoms with Crippen LogP contribution in [0.4, 0.5) is 0 Å². The van der Waals surface area contributed by atoms with Crippen molar-refractivity contribution in [3.63, 3.8) is 0 Å². The van der Waals surface area contributed by atoms with Crippen LogP contribution in [-0.4, -0.2) is 71.0 Å². The highest BCUT2D eigenvalue weighted by Crippen LogP contribution is 2.37. The number of sulfonamides is 1. The molecule has 2 saturated heterocycles. The first-order valence-electron chi connectivity index (χ1n) is 16.0. The van der Waals surface area contributed by atoms with Gasteiger partial charge in [-0.15, -0.1) is 0 Å². The minimum atomic E-state index is -3.56. The zero-order valence-electron chi connectivity index (χ0n) is 25.9. The van der Waals surface area contributed by atoms with E-state index >= 15 is 0 Å². The number of benzene rings is 1. The number of ether oxygens (including phenoxy) is 5. The average molecular weight is 668 g/mol. The van der Waals surface area contributed by atoms with Gasteiger partial charge in [-0.05, 0) is 76.0 Å². The Kier molecular flexibility index (Phi) is 14.4. The highest BCUT2D eigenvalue weighted by Gasteiger charge is 2.42. The smallest absolute Gasteiger partial charge is 0.233 e. The van der Waals surface area contributed by atoms with E-state index in [9.17, 15) is 18.0 Å². The average Bonchev–Trinajstić information content (AvgIpc) is 3.29. The minimum Gasteiger partial charge on any atom is -0.490 e. The number of allylic oxidation sites excluding steroid dienone is 3. The number of Topliss-reactive ketones (excluding diaryl/α,β-unsaturated/α-hetero) is 1. The molecule has 1 N–H and O–H groups in total. The number of nitrogens with one attached hydrogen (secondary N) is 1. The maximum absolute atomic E-state index is 13.4. The molecule has 0 spiro atoms. The monoisotopic (exact) mass is 667 g/mol. The summed E-state index contributed by atoms with van der Waals surface area (Å²) < 4.78 is 54.8. The van der Waals surface area contributed by atoms with Crippen LogP contribution in [-0.2, 0) is 38.6 Å². The highest BCUT2D eigenvalue weighted by atomic mass is 35.5. The van der Waals surface area contributed by atoms with E-state index in [1.807, 2.05) is 41.2 Å². The van der Waals surface area contributed by atoms with Crippen LogP contribution in [0.5, 0.6) is 5.75 Å². The topological polar surface area (TPSA) is 126 Å². The van der Waals surface area contributed by atoms with Gasteiger partial charge in [0.05, 0.1) is 12.4 Å². The molecule has 0 radical (unpaired) electrons. The number of halogens is 1. The van der Waals surface area contributed by atoms with Crippen molar-refractivity contribution in [1.82, 2.24) is 4.72 Å².